The maximum Gasteiger partial charge on any atom is 0.0222 e. The highest BCUT2D eigenvalue weighted by atomic mass is 35.5. The summed E-state index contributed by atoms with van der Waals surface area (Å²) in [7, 11) is 0. The number of hydrogen-bond donors (Lipinski definition) is 4. The van der Waals surface area contributed by atoms with E-state index in [9.17, 15) is 0 Å². The van der Waals surface area contributed by atoms with Crippen LogP contribution in [-0.4, -0.2) is 24.2 Å². The first kappa shape index (κ1) is 30.4. The number of hydrogen-bond acceptors (Lipinski definition) is 4. The summed E-state index contributed by atoms with van der Waals surface area (Å²) in [5.41, 5.74) is 15.1. The molecule has 3 rings (SSSR count). The van der Waals surface area contributed by atoms with Gasteiger partial charge in [-0.2, -0.15) is 0 Å². The average Bonchev–Trinajstić information content (AvgIpc) is 2.61. The van der Waals surface area contributed by atoms with Crippen LogP contribution in [0.25, 0.3) is 0 Å². The Kier molecular flexibility index (Phi) is 17.4. The molecule has 0 saturated heterocycles. The van der Waals surface area contributed by atoms with Crippen LogP contribution in [0.2, 0.25) is 0 Å². The van der Waals surface area contributed by atoms with Crippen LogP contribution in [0.15, 0.2) is 24.3 Å². The van der Waals surface area contributed by atoms with Gasteiger partial charge in [-0.15, -0.1) is 49.6 Å². The molecule has 4 nitrogen and oxygen atoms in total. The fourth-order valence-corrected chi connectivity index (χ4v) is 4.10. The number of benzene rings is 1. The van der Waals surface area contributed by atoms with Gasteiger partial charge in [-0.3, -0.25) is 0 Å². The molecule has 28 heavy (non-hydrogen) atoms. The Morgan fingerprint density at radius 3 is 1.25 bits per heavy atom. The van der Waals surface area contributed by atoms with Crippen molar-refractivity contribution < 1.29 is 0 Å². The fourth-order valence-electron chi connectivity index (χ4n) is 4.10. The summed E-state index contributed by atoms with van der Waals surface area (Å²) in [4.78, 5) is 0. The highest BCUT2D eigenvalue weighted by Crippen LogP contribution is 2.18. The third-order valence-corrected chi connectivity index (χ3v) is 5.80. The van der Waals surface area contributed by atoms with E-state index in [1.54, 1.807) is 0 Å². The average molecular weight is 476 g/mol. The predicted molar refractivity (Wildman–Crippen MR) is 130 cm³/mol. The van der Waals surface area contributed by atoms with E-state index in [0.29, 0.717) is 24.2 Å². The molecular weight excluding hydrogens is 438 g/mol. The van der Waals surface area contributed by atoms with Gasteiger partial charge in [0.05, 0.1) is 0 Å². The van der Waals surface area contributed by atoms with Crippen LogP contribution in [0.3, 0.4) is 0 Å². The van der Waals surface area contributed by atoms with Crippen molar-refractivity contribution in [3.05, 3.63) is 35.4 Å². The summed E-state index contributed by atoms with van der Waals surface area (Å²) in [5, 5.41) is 7.28. The third kappa shape index (κ3) is 9.36. The molecule has 1 aromatic rings. The molecule has 0 aromatic heterocycles. The lowest BCUT2D eigenvalue weighted by molar-refractivity contribution is 0.326. The lowest BCUT2D eigenvalue weighted by atomic mass is 9.91. The van der Waals surface area contributed by atoms with E-state index in [4.69, 9.17) is 11.5 Å². The van der Waals surface area contributed by atoms with Crippen molar-refractivity contribution >= 4 is 49.6 Å². The Morgan fingerprint density at radius 1 is 0.607 bits per heavy atom. The van der Waals surface area contributed by atoms with E-state index in [1.807, 2.05) is 0 Å². The minimum atomic E-state index is 0. The molecule has 0 amide bonds. The standard InChI is InChI=1S/C20H34N4.4ClH/c21-17-5-1-3-7-19(17)23-13-15-9-11-16(12-10-15)14-24-20-8-4-2-6-18(20)22;;;;/h9-12,17-20,23-24H,1-8,13-14,21-22H2;4*1H/t17-,18+,19-,20+;;;;. The van der Waals surface area contributed by atoms with Crippen LogP contribution < -0.4 is 22.1 Å². The van der Waals surface area contributed by atoms with Crippen LogP contribution in [-0.2, 0) is 13.1 Å². The summed E-state index contributed by atoms with van der Waals surface area (Å²) in [6, 6.07) is 10.5. The summed E-state index contributed by atoms with van der Waals surface area (Å²) < 4.78 is 0. The molecule has 166 valence electrons. The van der Waals surface area contributed by atoms with Crippen molar-refractivity contribution in [3.63, 3.8) is 0 Å². The van der Waals surface area contributed by atoms with Crippen molar-refractivity contribution in [2.24, 2.45) is 11.5 Å². The van der Waals surface area contributed by atoms with E-state index >= 15 is 0 Å². The van der Waals surface area contributed by atoms with Crippen molar-refractivity contribution in [2.75, 3.05) is 0 Å². The molecule has 2 aliphatic rings. The van der Waals surface area contributed by atoms with Gasteiger partial charge in [-0.1, -0.05) is 49.9 Å². The third-order valence-electron chi connectivity index (χ3n) is 5.80. The second kappa shape index (κ2) is 16.0. The molecule has 0 unspecified atom stereocenters. The molecule has 8 heteroatoms. The van der Waals surface area contributed by atoms with Gasteiger partial charge in [0.15, 0.2) is 0 Å². The van der Waals surface area contributed by atoms with E-state index < -0.39 is 0 Å². The topological polar surface area (TPSA) is 76.1 Å². The van der Waals surface area contributed by atoms with Crippen LogP contribution in [0.4, 0.5) is 0 Å². The lowest BCUT2D eigenvalue weighted by Crippen LogP contribution is -2.46. The molecule has 0 aliphatic heterocycles. The van der Waals surface area contributed by atoms with Gasteiger partial charge in [0.2, 0.25) is 0 Å². The zero-order valence-electron chi connectivity index (χ0n) is 16.5. The molecule has 0 heterocycles. The Bertz CT molecular complexity index is 458. The summed E-state index contributed by atoms with van der Waals surface area (Å²) in [6.45, 7) is 1.83. The molecule has 0 spiro atoms. The Balaban J connectivity index is 0. The maximum absolute atomic E-state index is 6.21. The predicted octanol–water partition coefficient (Wildman–Crippen LogP) is 4.09. The van der Waals surface area contributed by atoms with E-state index in [0.717, 1.165) is 25.9 Å². The van der Waals surface area contributed by atoms with E-state index in [1.165, 1.54) is 49.7 Å². The van der Waals surface area contributed by atoms with E-state index in [2.05, 4.69) is 34.9 Å². The molecule has 0 radical (unpaired) electrons. The maximum atomic E-state index is 6.21. The highest BCUT2D eigenvalue weighted by Gasteiger charge is 2.21. The van der Waals surface area contributed by atoms with Gasteiger partial charge in [0.1, 0.15) is 0 Å². The summed E-state index contributed by atoms with van der Waals surface area (Å²) in [5.74, 6) is 0. The van der Waals surface area contributed by atoms with E-state index in [-0.39, 0.29) is 49.6 Å². The molecular formula is C20H38Cl4N4. The fraction of sp³-hybridized carbons (Fsp3) is 0.700. The first-order valence-corrected chi connectivity index (χ1v) is 9.78. The second-order valence-electron chi connectivity index (χ2n) is 7.69. The zero-order valence-corrected chi connectivity index (χ0v) is 19.7. The first-order chi connectivity index (χ1) is 11.7. The Morgan fingerprint density at radius 2 is 0.929 bits per heavy atom. The quantitative estimate of drug-likeness (QED) is 0.499. The van der Waals surface area contributed by atoms with Crippen LogP contribution in [0.1, 0.15) is 62.5 Å². The zero-order chi connectivity index (χ0) is 16.8. The second-order valence-corrected chi connectivity index (χ2v) is 7.69. The van der Waals surface area contributed by atoms with Crippen molar-refractivity contribution in [3.8, 4) is 0 Å². The normalized spacial score (nSPS) is 26.6. The Labute approximate surface area is 195 Å². The molecule has 2 saturated carbocycles. The van der Waals surface area contributed by atoms with Crippen molar-refractivity contribution in [2.45, 2.75) is 88.6 Å². The molecule has 2 fully saturated rings. The number of rotatable bonds is 6. The molecule has 2 aliphatic carbocycles. The first-order valence-electron chi connectivity index (χ1n) is 9.78. The smallest absolute Gasteiger partial charge is 0.0222 e. The van der Waals surface area contributed by atoms with Gasteiger partial charge < -0.3 is 22.1 Å². The van der Waals surface area contributed by atoms with Crippen molar-refractivity contribution in [1.29, 1.82) is 0 Å². The number of nitrogens with one attached hydrogen (secondary N) is 2. The lowest BCUT2D eigenvalue weighted by Gasteiger charge is -2.30. The van der Waals surface area contributed by atoms with Crippen molar-refractivity contribution in [1.82, 2.24) is 10.6 Å². The molecule has 6 N–H and O–H groups in total. The number of halogens is 4. The summed E-state index contributed by atoms with van der Waals surface area (Å²) in [6.07, 6.45) is 9.92. The minimum Gasteiger partial charge on any atom is -0.326 e. The van der Waals surface area contributed by atoms with Gasteiger partial charge in [0.25, 0.3) is 0 Å². The van der Waals surface area contributed by atoms with Gasteiger partial charge in [0, 0.05) is 37.3 Å². The van der Waals surface area contributed by atoms with Gasteiger partial charge in [-0.05, 0) is 36.8 Å². The van der Waals surface area contributed by atoms with Crippen LogP contribution in [0.5, 0.6) is 0 Å². The molecule has 0 bridgehead atoms. The molecule has 1 aromatic carbocycles. The molecule has 4 atom stereocenters. The van der Waals surface area contributed by atoms with Crippen LogP contribution in [0, 0.1) is 0 Å². The number of nitrogens with two attached hydrogens (primary N) is 2. The van der Waals surface area contributed by atoms with Gasteiger partial charge >= 0.3 is 0 Å². The Hall–Kier alpha value is 0.220. The SMILES string of the molecule is Cl.Cl.Cl.Cl.N[C@@H]1CCCC[C@H]1NCc1ccc(CN[C@H]2CCCC[C@@H]2N)cc1. The monoisotopic (exact) mass is 474 g/mol. The van der Waals surface area contributed by atoms with Gasteiger partial charge in [-0.25, -0.2) is 0 Å². The van der Waals surface area contributed by atoms with Crippen LogP contribution >= 0.6 is 49.6 Å². The summed E-state index contributed by atoms with van der Waals surface area (Å²) >= 11 is 0. The largest absolute Gasteiger partial charge is 0.326 e. The minimum absolute atomic E-state index is 0. The highest BCUT2D eigenvalue weighted by molar-refractivity contribution is 5.86.